The maximum Gasteiger partial charge on any atom is 0.407 e. The fraction of sp³-hybridized carbons (Fsp3) is 0.370. The van der Waals surface area contributed by atoms with Crippen molar-refractivity contribution in [3.05, 3.63) is 94.8 Å². The molecule has 204 valence electrons. The molecule has 0 fully saturated rings. The van der Waals surface area contributed by atoms with E-state index < -0.39 is 28.3 Å². The summed E-state index contributed by atoms with van der Waals surface area (Å²) in [6.45, 7) is 3.58. The predicted molar refractivity (Wildman–Crippen MR) is 142 cm³/mol. The van der Waals surface area contributed by atoms with Crippen LogP contribution in [0.2, 0.25) is 0 Å². The van der Waals surface area contributed by atoms with Crippen molar-refractivity contribution in [2.45, 2.75) is 50.5 Å². The van der Waals surface area contributed by atoms with Crippen LogP contribution in [0.1, 0.15) is 30.5 Å². The van der Waals surface area contributed by atoms with Crippen LogP contribution < -0.4 is 5.32 Å². The van der Waals surface area contributed by atoms with E-state index in [1.165, 1.54) is 41.1 Å². The van der Waals surface area contributed by atoms with Crippen molar-refractivity contribution in [2.24, 2.45) is 11.1 Å². The van der Waals surface area contributed by atoms with Crippen molar-refractivity contribution < 1.29 is 27.5 Å². The molecule has 2 atom stereocenters. The van der Waals surface area contributed by atoms with Gasteiger partial charge in [0.1, 0.15) is 13.2 Å². The number of hydrogen-bond acceptors (Lipinski definition) is 8. The standard InChI is InChI=1S/C27H33N3O7S/c1-20(2)16-30(38(34,35)24-10-8-22(9-11-24)15-28-33)17-26(31)25(14-21-6-4-3-5-7-21)29-27(32)37-19-23-12-13-36-18-23/h3-13,18,20,25-26,31H,14-17,19H2,1-2H3,(H,29,32)/t25-,26+/m0/s1. The van der Waals surface area contributed by atoms with E-state index >= 15 is 0 Å². The quantitative estimate of drug-likeness (QED) is 0.292. The summed E-state index contributed by atoms with van der Waals surface area (Å²) >= 11 is 0. The Morgan fingerprint density at radius 1 is 1.03 bits per heavy atom. The Labute approximate surface area is 222 Å². The second kappa shape index (κ2) is 13.8. The Kier molecular flexibility index (Phi) is 10.6. The van der Waals surface area contributed by atoms with Crippen molar-refractivity contribution >= 4 is 16.1 Å². The molecule has 2 N–H and O–H groups in total. The lowest BCUT2D eigenvalue weighted by Gasteiger charge is -2.30. The van der Waals surface area contributed by atoms with E-state index in [1.807, 2.05) is 44.2 Å². The molecule has 38 heavy (non-hydrogen) atoms. The van der Waals surface area contributed by atoms with E-state index in [9.17, 15) is 23.2 Å². The molecule has 3 aromatic rings. The molecular formula is C27H33N3O7S. The third-order valence-corrected chi connectivity index (χ3v) is 7.63. The normalized spacial score (nSPS) is 13.3. The number of carbonyl (C=O) groups excluding carboxylic acids is 1. The molecule has 0 bridgehead atoms. The number of ether oxygens (including phenoxy) is 1. The number of sulfonamides is 1. The van der Waals surface area contributed by atoms with Gasteiger partial charge in [-0.2, -0.15) is 9.21 Å². The van der Waals surface area contributed by atoms with Gasteiger partial charge < -0.3 is 19.6 Å². The number of aliphatic hydroxyl groups is 1. The molecule has 0 saturated carbocycles. The zero-order chi connectivity index (χ0) is 27.5. The minimum Gasteiger partial charge on any atom is -0.472 e. The molecule has 3 rings (SSSR count). The Hall–Kier alpha value is -3.54. The average molecular weight is 544 g/mol. The third-order valence-electron chi connectivity index (χ3n) is 5.78. The van der Waals surface area contributed by atoms with Gasteiger partial charge in [-0.05, 0) is 41.7 Å². The van der Waals surface area contributed by atoms with E-state index in [0.29, 0.717) is 11.1 Å². The van der Waals surface area contributed by atoms with Crippen LogP contribution >= 0.6 is 0 Å². The Morgan fingerprint density at radius 2 is 1.74 bits per heavy atom. The summed E-state index contributed by atoms with van der Waals surface area (Å²) in [5, 5.41) is 16.8. The zero-order valence-electron chi connectivity index (χ0n) is 21.4. The van der Waals surface area contributed by atoms with E-state index in [4.69, 9.17) is 9.15 Å². The lowest BCUT2D eigenvalue weighted by Crippen LogP contribution is -2.51. The minimum absolute atomic E-state index is 0.0139. The maximum absolute atomic E-state index is 13.5. The van der Waals surface area contributed by atoms with Gasteiger partial charge in [0.05, 0.1) is 29.6 Å². The second-order valence-electron chi connectivity index (χ2n) is 9.36. The zero-order valence-corrected chi connectivity index (χ0v) is 22.2. The van der Waals surface area contributed by atoms with E-state index in [2.05, 4.69) is 10.5 Å². The van der Waals surface area contributed by atoms with Crippen molar-refractivity contribution in [2.75, 3.05) is 13.1 Å². The highest BCUT2D eigenvalue weighted by Crippen LogP contribution is 2.20. The summed E-state index contributed by atoms with van der Waals surface area (Å²) in [4.78, 5) is 23.1. The largest absolute Gasteiger partial charge is 0.472 e. The van der Waals surface area contributed by atoms with Crippen LogP contribution in [0.3, 0.4) is 0 Å². The van der Waals surface area contributed by atoms with Crippen LogP contribution in [0.4, 0.5) is 4.79 Å². The molecule has 1 aromatic heterocycles. The molecule has 0 aliphatic carbocycles. The van der Waals surface area contributed by atoms with Crippen molar-refractivity contribution in [1.82, 2.24) is 9.62 Å². The fourth-order valence-corrected chi connectivity index (χ4v) is 5.49. The predicted octanol–water partition coefficient (Wildman–Crippen LogP) is 4.09. The number of hydrogen-bond donors (Lipinski definition) is 2. The minimum atomic E-state index is -3.99. The molecule has 11 heteroatoms. The fourth-order valence-electron chi connectivity index (χ4n) is 3.87. The van der Waals surface area contributed by atoms with E-state index in [0.717, 1.165) is 5.56 Å². The van der Waals surface area contributed by atoms with Gasteiger partial charge in [0, 0.05) is 18.7 Å². The molecule has 1 heterocycles. The van der Waals surface area contributed by atoms with E-state index in [1.54, 1.807) is 6.07 Å². The van der Waals surface area contributed by atoms with Gasteiger partial charge in [0.15, 0.2) is 0 Å². The highest BCUT2D eigenvalue weighted by atomic mass is 32.2. The summed E-state index contributed by atoms with van der Waals surface area (Å²) in [6, 6.07) is 16.0. The molecule has 1 amide bonds. The Bertz CT molecular complexity index is 1250. The van der Waals surface area contributed by atoms with Gasteiger partial charge >= 0.3 is 6.09 Å². The molecule has 0 radical (unpaired) electrons. The first-order valence-electron chi connectivity index (χ1n) is 12.2. The molecule has 0 unspecified atom stereocenters. The number of nitroso groups, excluding NO2 is 1. The van der Waals surface area contributed by atoms with Gasteiger partial charge in [-0.1, -0.05) is 61.5 Å². The maximum atomic E-state index is 13.5. The van der Waals surface area contributed by atoms with Gasteiger partial charge in [0.25, 0.3) is 0 Å². The summed E-state index contributed by atoms with van der Waals surface area (Å²) in [7, 11) is -3.99. The number of nitrogens with one attached hydrogen (secondary N) is 1. The summed E-state index contributed by atoms with van der Waals surface area (Å²) in [5.41, 5.74) is 2.12. The number of rotatable bonds is 14. The summed E-state index contributed by atoms with van der Waals surface area (Å²) in [5.74, 6) is -0.0315. The van der Waals surface area contributed by atoms with Crippen molar-refractivity contribution in [3.63, 3.8) is 0 Å². The third kappa shape index (κ3) is 8.51. The lowest BCUT2D eigenvalue weighted by atomic mass is 10.0. The molecular weight excluding hydrogens is 510 g/mol. The van der Waals surface area contributed by atoms with Crippen LogP contribution in [0, 0.1) is 10.8 Å². The highest BCUT2D eigenvalue weighted by molar-refractivity contribution is 7.89. The molecule has 0 aliphatic heterocycles. The Balaban J connectivity index is 1.79. The monoisotopic (exact) mass is 543 g/mol. The summed E-state index contributed by atoms with van der Waals surface area (Å²) < 4.78 is 38.5. The first-order valence-corrected chi connectivity index (χ1v) is 13.7. The number of aliphatic hydroxyl groups excluding tert-OH is 1. The van der Waals surface area contributed by atoms with Gasteiger partial charge in [-0.25, -0.2) is 13.2 Å². The molecule has 0 spiro atoms. The molecule has 0 saturated heterocycles. The van der Waals surface area contributed by atoms with Crippen LogP contribution in [-0.4, -0.2) is 49.2 Å². The SMILES string of the molecule is CC(C)CN(C[C@@H](O)[C@H](Cc1ccccc1)NC(=O)OCc1ccoc1)S(=O)(=O)c1ccc(CN=O)cc1. The highest BCUT2D eigenvalue weighted by Gasteiger charge is 2.31. The first kappa shape index (κ1) is 29.0. The van der Waals surface area contributed by atoms with Crippen molar-refractivity contribution in [1.29, 1.82) is 0 Å². The van der Waals surface area contributed by atoms with Crippen LogP contribution in [-0.2, 0) is 34.3 Å². The molecule has 0 aliphatic rings. The number of furan rings is 1. The van der Waals surface area contributed by atoms with Gasteiger partial charge in [-0.3, -0.25) is 0 Å². The average Bonchev–Trinajstić information content (AvgIpc) is 3.41. The van der Waals surface area contributed by atoms with Crippen molar-refractivity contribution in [3.8, 4) is 0 Å². The van der Waals surface area contributed by atoms with Gasteiger partial charge in [0.2, 0.25) is 10.0 Å². The number of alkyl carbamates (subject to hydrolysis) is 1. The smallest absolute Gasteiger partial charge is 0.407 e. The molecule has 2 aromatic carbocycles. The number of carbonyl (C=O) groups is 1. The van der Waals surface area contributed by atoms with Crippen LogP contribution in [0.25, 0.3) is 0 Å². The molecule has 10 nitrogen and oxygen atoms in total. The topological polar surface area (TPSA) is 139 Å². The Morgan fingerprint density at radius 3 is 2.34 bits per heavy atom. The number of amides is 1. The number of benzene rings is 2. The van der Waals surface area contributed by atoms with Crippen LogP contribution in [0.5, 0.6) is 0 Å². The first-order chi connectivity index (χ1) is 18.2. The lowest BCUT2D eigenvalue weighted by molar-refractivity contribution is 0.0873. The number of nitrogens with zero attached hydrogens (tertiary/aromatic N) is 2. The second-order valence-corrected chi connectivity index (χ2v) is 11.3. The summed E-state index contributed by atoms with van der Waals surface area (Å²) in [6.07, 6.45) is 1.19. The van der Waals surface area contributed by atoms with Crippen LogP contribution in [0.15, 0.2) is 87.7 Å². The van der Waals surface area contributed by atoms with E-state index in [-0.39, 0.29) is 43.5 Å². The van der Waals surface area contributed by atoms with Gasteiger partial charge in [-0.15, -0.1) is 0 Å².